The Hall–Kier alpha value is -2.03. The molecule has 1 aliphatic rings. The van der Waals surface area contributed by atoms with E-state index in [0.717, 1.165) is 41.2 Å². The molecule has 1 aliphatic carbocycles. The van der Waals surface area contributed by atoms with E-state index < -0.39 is 0 Å². The van der Waals surface area contributed by atoms with Crippen LogP contribution >= 0.6 is 0 Å². The summed E-state index contributed by atoms with van der Waals surface area (Å²) in [6, 6.07) is 9.90. The van der Waals surface area contributed by atoms with Crippen molar-refractivity contribution in [3.63, 3.8) is 0 Å². The fourth-order valence-corrected chi connectivity index (χ4v) is 2.43. The molecule has 1 aromatic heterocycles. The summed E-state index contributed by atoms with van der Waals surface area (Å²) in [4.78, 5) is 20.9. The molecular formula is C15H14N2O. The third kappa shape index (κ3) is 1.82. The standard InChI is InChI=1S/C15H14N2O/c1-10-14-12(8-5-9-13(14)18)17-15(16-10)11-6-3-2-4-7-11/h2-4,6-7H,5,8-9H2,1H3. The minimum absolute atomic E-state index is 0.188. The van der Waals surface area contributed by atoms with E-state index in [4.69, 9.17) is 0 Å². The molecule has 0 saturated carbocycles. The molecular weight excluding hydrogens is 224 g/mol. The summed E-state index contributed by atoms with van der Waals surface area (Å²) in [6.45, 7) is 1.90. The number of aromatic nitrogens is 2. The van der Waals surface area contributed by atoms with E-state index in [1.54, 1.807) is 0 Å². The SMILES string of the molecule is Cc1nc(-c2ccccc2)nc2c1C(=O)CCC2. The Bertz CT molecular complexity index is 605. The molecule has 1 aromatic carbocycles. The van der Waals surface area contributed by atoms with Gasteiger partial charge >= 0.3 is 0 Å². The first kappa shape index (κ1) is 11.1. The Morgan fingerprint density at radius 2 is 1.83 bits per heavy atom. The van der Waals surface area contributed by atoms with Crippen molar-refractivity contribution in [2.75, 3.05) is 0 Å². The normalized spacial score (nSPS) is 14.4. The fourth-order valence-electron chi connectivity index (χ4n) is 2.43. The summed E-state index contributed by atoms with van der Waals surface area (Å²) >= 11 is 0. The molecule has 0 saturated heterocycles. The average Bonchev–Trinajstić information content (AvgIpc) is 2.39. The van der Waals surface area contributed by atoms with E-state index in [1.165, 1.54) is 0 Å². The number of rotatable bonds is 1. The number of carbonyl (C=O) groups is 1. The van der Waals surface area contributed by atoms with Crippen molar-refractivity contribution >= 4 is 5.78 Å². The largest absolute Gasteiger partial charge is 0.294 e. The maximum Gasteiger partial charge on any atom is 0.166 e. The summed E-state index contributed by atoms with van der Waals surface area (Å²) in [5, 5.41) is 0. The first-order valence-electron chi connectivity index (χ1n) is 6.22. The first-order chi connectivity index (χ1) is 8.75. The van der Waals surface area contributed by atoms with Crippen molar-refractivity contribution in [3.05, 3.63) is 47.3 Å². The van der Waals surface area contributed by atoms with Gasteiger partial charge < -0.3 is 0 Å². The van der Waals surface area contributed by atoms with Gasteiger partial charge in [0.1, 0.15) is 0 Å². The third-order valence-corrected chi connectivity index (χ3v) is 3.29. The lowest BCUT2D eigenvalue weighted by molar-refractivity contribution is 0.0970. The van der Waals surface area contributed by atoms with Gasteiger partial charge in [-0.3, -0.25) is 4.79 Å². The first-order valence-corrected chi connectivity index (χ1v) is 6.22. The predicted molar refractivity (Wildman–Crippen MR) is 69.5 cm³/mol. The van der Waals surface area contributed by atoms with E-state index in [2.05, 4.69) is 9.97 Å². The van der Waals surface area contributed by atoms with Gasteiger partial charge in [-0.2, -0.15) is 0 Å². The quantitative estimate of drug-likeness (QED) is 0.767. The number of hydrogen-bond donors (Lipinski definition) is 0. The second-order valence-electron chi connectivity index (χ2n) is 4.60. The number of carbonyl (C=O) groups excluding carboxylic acids is 1. The van der Waals surface area contributed by atoms with Crippen LogP contribution in [0.25, 0.3) is 11.4 Å². The van der Waals surface area contributed by atoms with Gasteiger partial charge in [0, 0.05) is 12.0 Å². The lowest BCUT2D eigenvalue weighted by atomic mass is 9.93. The maximum atomic E-state index is 11.9. The van der Waals surface area contributed by atoms with Crippen LogP contribution in [0.5, 0.6) is 0 Å². The summed E-state index contributed by atoms with van der Waals surface area (Å²) in [5.41, 5.74) is 3.48. The molecule has 1 heterocycles. The van der Waals surface area contributed by atoms with Crippen LogP contribution < -0.4 is 0 Å². The molecule has 0 aliphatic heterocycles. The van der Waals surface area contributed by atoms with Crippen LogP contribution in [0.1, 0.15) is 34.6 Å². The number of Topliss-reactive ketones (excluding diaryl/α,β-unsaturated/α-hetero) is 1. The highest BCUT2D eigenvalue weighted by Gasteiger charge is 2.22. The zero-order chi connectivity index (χ0) is 12.5. The molecule has 0 radical (unpaired) electrons. The van der Waals surface area contributed by atoms with Crippen molar-refractivity contribution in [3.8, 4) is 11.4 Å². The van der Waals surface area contributed by atoms with E-state index in [0.29, 0.717) is 6.42 Å². The topological polar surface area (TPSA) is 42.9 Å². The minimum atomic E-state index is 0.188. The average molecular weight is 238 g/mol. The molecule has 0 spiro atoms. The highest BCUT2D eigenvalue weighted by molar-refractivity contribution is 5.99. The van der Waals surface area contributed by atoms with Crippen LogP contribution in [-0.2, 0) is 6.42 Å². The minimum Gasteiger partial charge on any atom is -0.294 e. The summed E-state index contributed by atoms with van der Waals surface area (Å²) in [6.07, 6.45) is 2.41. The summed E-state index contributed by atoms with van der Waals surface area (Å²) < 4.78 is 0. The number of nitrogens with zero attached hydrogens (tertiary/aromatic N) is 2. The highest BCUT2D eigenvalue weighted by atomic mass is 16.1. The second kappa shape index (κ2) is 4.33. The third-order valence-electron chi connectivity index (χ3n) is 3.29. The number of fused-ring (bicyclic) bond motifs is 1. The fraction of sp³-hybridized carbons (Fsp3) is 0.267. The van der Waals surface area contributed by atoms with E-state index in [-0.39, 0.29) is 5.78 Å². The van der Waals surface area contributed by atoms with Crippen LogP contribution in [0.2, 0.25) is 0 Å². The van der Waals surface area contributed by atoms with Crippen LogP contribution in [0.15, 0.2) is 30.3 Å². The Kier molecular flexibility index (Phi) is 2.67. The molecule has 0 atom stereocenters. The van der Waals surface area contributed by atoms with Gasteiger partial charge in [0.25, 0.3) is 0 Å². The molecule has 0 bridgehead atoms. The summed E-state index contributed by atoms with van der Waals surface area (Å²) in [5.74, 6) is 0.912. The van der Waals surface area contributed by atoms with Gasteiger partial charge in [0.15, 0.2) is 11.6 Å². The Morgan fingerprint density at radius 3 is 2.61 bits per heavy atom. The van der Waals surface area contributed by atoms with Crippen molar-refractivity contribution in [2.24, 2.45) is 0 Å². The lowest BCUT2D eigenvalue weighted by Gasteiger charge is -2.16. The van der Waals surface area contributed by atoms with Gasteiger partial charge in [0.05, 0.1) is 17.0 Å². The van der Waals surface area contributed by atoms with Crippen molar-refractivity contribution < 1.29 is 4.79 Å². The lowest BCUT2D eigenvalue weighted by Crippen LogP contribution is -2.16. The van der Waals surface area contributed by atoms with E-state index in [1.807, 2.05) is 37.3 Å². The highest BCUT2D eigenvalue weighted by Crippen LogP contribution is 2.24. The van der Waals surface area contributed by atoms with Crippen molar-refractivity contribution in [1.29, 1.82) is 0 Å². The molecule has 0 amide bonds. The number of aryl methyl sites for hydroxylation is 2. The smallest absolute Gasteiger partial charge is 0.166 e. The second-order valence-corrected chi connectivity index (χ2v) is 4.60. The van der Waals surface area contributed by atoms with Gasteiger partial charge in [-0.05, 0) is 19.8 Å². The van der Waals surface area contributed by atoms with Crippen molar-refractivity contribution in [2.45, 2.75) is 26.2 Å². The number of hydrogen-bond acceptors (Lipinski definition) is 3. The Labute approximate surface area is 106 Å². The molecule has 3 rings (SSSR count). The van der Waals surface area contributed by atoms with Gasteiger partial charge in [-0.1, -0.05) is 30.3 Å². The maximum absolute atomic E-state index is 11.9. The van der Waals surface area contributed by atoms with Gasteiger partial charge in [-0.15, -0.1) is 0 Å². The van der Waals surface area contributed by atoms with Crippen LogP contribution in [0.4, 0.5) is 0 Å². The Balaban J connectivity index is 2.15. The molecule has 3 heteroatoms. The van der Waals surface area contributed by atoms with Crippen LogP contribution in [0.3, 0.4) is 0 Å². The monoisotopic (exact) mass is 238 g/mol. The molecule has 0 unspecified atom stereocenters. The Morgan fingerprint density at radius 1 is 1.06 bits per heavy atom. The van der Waals surface area contributed by atoms with Crippen LogP contribution in [0, 0.1) is 6.92 Å². The van der Waals surface area contributed by atoms with Crippen molar-refractivity contribution in [1.82, 2.24) is 9.97 Å². The zero-order valence-electron chi connectivity index (χ0n) is 10.3. The zero-order valence-corrected chi connectivity index (χ0v) is 10.3. The molecule has 0 N–H and O–H groups in total. The van der Waals surface area contributed by atoms with Crippen LogP contribution in [-0.4, -0.2) is 15.8 Å². The predicted octanol–water partition coefficient (Wildman–Crippen LogP) is 2.97. The molecule has 2 aromatic rings. The molecule has 18 heavy (non-hydrogen) atoms. The van der Waals surface area contributed by atoms with E-state index >= 15 is 0 Å². The molecule has 90 valence electrons. The molecule has 3 nitrogen and oxygen atoms in total. The molecule has 0 fully saturated rings. The number of benzene rings is 1. The van der Waals surface area contributed by atoms with Gasteiger partial charge in [-0.25, -0.2) is 9.97 Å². The number of ketones is 1. The van der Waals surface area contributed by atoms with E-state index in [9.17, 15) is 4.79 Å². The van der Waals surface area contributed by atoms with Gasteiger partial charge in [0.2, 0.25) is 0 Å². The summed E-state index contributed by atoms with van der Waals surface area (Å²) in [7, 11) is 0.